The molecule has 0 saturated carbocycles. The standard InChI is InChI=1S/C10H19BO2S/c1-2-3-4-5-6-9-7-10(11(12)13)14-8-9/h8,10,12-13H,2-7H2,1H3. The first kappa shape index (κ1) is 12.1. The van der Waals surface area contributed by atoms with E-state index in [2.05, 4.69) is 12.3 Å². The number of thioether (sulfide) groups is 1. The van der Waals surface area contributed by atoms with E-state index in [0.717, 1.165) is 12.8 Å². The van der Waals surface area contributed by atoms with Crippen LogP contribution in [0.15, 0.2) is 11.0 Å². The molecule has 4 heteroatoms. The second kappa shape index (κ2) is 6.54. The zero-order valence-corrected chi connectivity index (χ0v) is 9.59. The van der Waals surface area contributed by atoms with Crippen molar-refractivity contribution in [1.29, 1.82) is 0 Å². The molecule has 2 N–H and O–H groups in total. The van der Waals surface area contributed by atoms with Crippen molar-refractivity contribution in [2.24, 2.45) is 0 Å². The van der Waals surface area contributed by atoms with Gasteiger partial charge in [0.15, 0.2) is 0 Å². The third-order valence-electron chi connectivity index (χ3n) is 2.56. The molecule has 1 heterocycles. The maximum Gasteiger partial charge on any atom is 0.466 e. The molecule has 1 atom stereocenters. The zero-order chi connectivity index (χ0) is 10.4. The molecule has 0 fully saturated rings. The quantitative estimate of drug-likeness (QED) is 0.526. The Hall–Kier alpha value is 0.0749. The summed E-state index contributed by atoms with van der Waals surface area (Å²) >= 11 is 1.56. The number of rotatable bonds is 6. The van der Waals surface area contributed by atoms with Crippen LogP contribution in [0.3, 0.4) is 0 Å². The van der Waals surface area contributed by atoms with Gasteiger partial charge in [-0.05, 0) is 24.7 Å². The fourth-order valence-corrected chi connectivity index (χ4v) is 2.69. The van der Waals surface area contributed by atoms with Gasteiger partial charge in [0, 0.05) is 5.15 Å². The van der Waals surface area contributed by atoms with Crippen molar-refractivity contribution in [3.05, 3.63) is 11.0 Å². The van der Waals surface area contributed by atoms with Gasteiger partial charge < -0.3 is 10.0 Å². The van der Waals surface area contributed by atoms with Gasteiger partial charge in [-0.1, -0.05) is 31.8 Å². The molecule has 1 rings (SSSR count). The number of hydrogen-bond acceptors (Lipinski definition) is 3. The van der Waals surface area contributed by atoms with Crippen LogP contribution in [0, 0.1) is 0 Å². The molecule has 14 heavy (non-hydrogen) atoms. The molecule has 0 radical (unpaired) electrons. The predicted molar refractivity (Wildman–Crippen MR) is 63.0 cm³/mol. The van der Waals surface area contributed by atoms with Gasteiger partial charge in [0.25, 0.3) is 0 Å². The van der Waals surface area contributed by atoms with Gasteiger partial charge in [-0.2, -0.15) is 0 Å². The molecule has 0 spiro atoms. The van der Waals surface area contributed by atoms with Gasteiger partial charge in [-0.15, -0.1) is 11.8 Å². The Balaban J connectivity index is 2.10. The molecular weight excluding hydrogens is 195 g/mol. The summed E-state index contributed by atoms with van der Waals surface area (Å²) in [5.41, 5.74) is 1.39. The third-order valence-corrected chi connectivity index (χ3v) is 3.79. The first-order valence-electron chi connectivity index (χ1n) is 5.43. The maximum atomic E-state index is 8.98. The van der Waals surface area contributed by atoms with E-state index < -0.39 is 7.12 Å². The van der Waals surface area contributed by atoms with E-state index in [1.165, 1.54) is 31.3 Å². The van der Waals surface area contributed by atoms with Crippen molar-refractivity contribution >= 4 is 18.9 Å². The minimum absolute atomic E-state index is 0.0174. The number of hydrogen-bond donors (Lipinski definition) is 2. The van der Waals surface area contributed by atoms with Crippen molar-refractivity contribution in [1.82, 2.24) is 0 Å². The second-order valence-corrected chi connectivity index (χ2v) is 4.99. The first-order valence-corrected chi connectivity index (χ1v) is 6.38. The van der Waals surface area contributed by atoms with Crippen LogP contribution in [0.5, 0.6) is 0 Å². The average Bonchev–Trinajstić information content (AvgIpc) is 2.61. The molecule has 0 aromatic rings. The maximum absolute atomic E-state index is 8.98. The summed E-state index contributed by atoms with van der Waals surface area (Å²) in [7, 11) is -1.16. The van der Waals surface area contributed by atoms with Crippen LogP contribution >= 0.6 is 11.8 Å². The first-order chi connectivity index (χ1) is 6.74. The van der Waals surface area contributed by atoms with Crippen LogP contribution in [-0.2, 0) is 0 Å². The van der Waals surface area contributed by atoms with Crippen molar-refractivity contribution in [2.75, 3.05) is 0 Å². The summed E-state index contributed by atoms with van der Waals surface area (Å²) in [6.45, 7) is 2.21. The highest BCUT2D eigenvalue weighted by Crippen LogP contribution is 2.33. The number of unbranched alkanes of at least 4 members (excludes halogenated alkanes) is 3. The van der Waals surface area contributed by atoms with Crippen LogP contribution in [0.2, 0.25) is 0 Å². The minimum Gasteiger partial charge on any atom is -0.426 e. The van der Waals surface area contributed by atoms with Crippen LogP contribution in [-0.4, -0.2) is 22.3 Å². The van der Waals surface area contributed by atoms with E-state index in [-0.39, 0.29) is 5.15 Å². The van der Waals surface area contributed by atoms with Gasteiger partial charge in [0.05, 0.1) is 0 Å². The predicted octanol–water partition coefficient (Wildman–Crippen LogP) is 2.36. The van der Waals surface area contributed by atoms with Crippen LogP contribution < -0.4 is 0 Å². The SMILES string of the molecule is CCCCCCC1=CSC(B(O)O)C1. The lowest BCUT2D eigenvalue weighted by Gasteiger charge is -2.06. The molecule has 1 aliphatic heterocycles. The normalized spacial score (nSPS) is 21.1. The number of allylic oxidation sites excluding steroid dienone is 1. The van der Waals surface area contributed by atoms with Gasteiger partial charge in [-0.25, -0.2) is 0 Å². The lowest BCUT2D eigenvalue weighted by atomic mass is 9.81. The van der Waals surface area contributed by atoms with E-state index in [9.17, 15) is 0 Å². The monoisotopic (exact) mass is 214 g/mol. The topological polar surface area (TPSA) is 40.5 Å². The summed E-state index contributed by atoms with van der Waals surface area (Å²) < 4.78 is 0. The Morgan fingerprint density at radius 2 is 2.21 bits per heavy atom. The molecule has 2 nitrogen and oxygen atoms in total. The van der Waals surface area contributed by atoms with E-state index in [1.54, 1.807) is 11.8 Å². The molecular formula is C10H19BO2S. The van der Waals surface area contributed by atoms with E-state index in [0.29, 0.717) is 0 Å². The molecule has 0 saturated heterocycles. The lowest BCUT2D eigenvalue weighted by Crippen LogP contribution is -2.26. The molecule has 1 unspecified atom stereocenters. The molecule has 0 aromatic heterocycles. The van der Waals surface area contributed by atoms with Crippen molar-refractivity contribution in [2.45, 2.75) is 50.6 Å². The zero-order valence-electron chi connectivity index (χ0n) is 8.78. The molecule has 80 valence electrons. The van der Waals surface area contributed by atoms with Crippen molar-refractivity contribution < 1.29 is 10.0 Å². The highest BCUT2D eigenvalue weighted by molar-refractivity contribution is 8.04. The van der Waals surface area contributed by atoms with E-state index in [4.69, 9.17) is 10.0 Å². The minimum atomic E-state index is -1.16. The van der Waals surface area contributed by atoms with Crippen molar-refractivity contribution in [3.8, 4) is 0 Å². The largest absolute Gasteiger partial charge is 0.466 e. The summed E-state index contributed by atoms with van der Waals surface area (Å²) in [4.78, 5) is 0. The van der Waals surface area contributed by atoms with Gasteiger partial charge in [0.2, 0.25) is 0 Å². The summed E-state index contributed by atoms with van der Waals surface area (Å²) in [5, 5.41) is 20.1. The Morgan fingerprint density at radius 3 is 2.79 bits per heavy atom. The third kappa shape index (κ3) is 4.07. The molecule has 0 aliphatic carbocycles. The Labute approximate surface area is 90.9 Å². The molecule has 0 aromatic carbocycles. The molecule has 0 amide bonds. The second-order valence-electron chi connectivity index (χ2n) is 3.88. The summed E-state index contributed by atoms with van der Waals surface area (Å²) in [6.07, 6.45) is 7.11. The van der Waals surface area contributed by atoms with Crippen LogP contribution in [0.25, 0.3) is 0 Å². The molecule has 1 aliphatic rings. The molecule has 0 bridgehead atoms. The van der Waals surface area contributed by atoms with Crippen LogP contribution in [0.1, 0.15) is 45.4 Å². The van der Waals surface area contributed by atoms with Crippen LogP contribution in [0.4, 0.5) is 0 Å². The fourth-order valence-electron chi connectivity index (χ4n) is 1.65. The van der Waals surface area contributed by atoms with E-state index in [1.807, 2.05) is 0 Å². The highest BCUT2D eigenvalue weighted by atomic mass is 32.2. The van der Waals surface area contributed by atoms with Gasteiger partial charge in [0.1, 0.15) is 0 Å². The smallest absolute Gasteiger partial charge is 0.426 e. The lowest BCUT2D eigenvalue weighted by molar-refractivity contribution is 0.402. The average molecular weight is 214 g/mol. The Kier molecular flexibility index (Phi) is 5.67. The summed E-state index contributed by atoms with van der Waals surface area (Å²) in [5.74, 6) is 0. The summed E-state index contributed by atoms with van der Waals surface area (Å²) in [6, 6.07) is 0. The van der Waals surface area contributed by atoms with Gasteiger partial charge in [-0.3, -0.25) is 0 Å². The van der Waals surface area contributed by atoms with Gasteiger partial charge >= 0.3 is 7.12 Å². The van der Waals surface area contributed by atoms with E-state index >= 15 is 0 Å². The Bertz CT molecular complexity index is 195. The highest BCUT2D eigenvalue weighted by Gasteiger charge is 2.27. The fraction of sp³-hybridized carbons (Fsp3) is 0.800. The Morgan fingerprint density at radius 1 is 1.43 bits per heavy atom. The van der Waals surface area contributed by atoms with Crippen molar-refractivity contribution in [3.63, 3.8) is 0 Å².